The van der Waals surface area contributed by atoms with Gasteiger partial charge in [0, 0.05) is 58.2 Å². The van der Waals surface area contributed by atoms with E-state index in [0.717, 1.165) is 0 Å². The van der Waals surface area contributed by atoms with E-state index in [4.69, 9.17) is 0 Å². The van der Waals surface area contributed by atoms with Crippen molar-refractivity contribution in [1.82, 2.24) is 0 Å². The molecule has 0 fully saturated rings. The molecule has 5 nitrogen and oxygen atoms in total. The third kappa shape index (κ3) is 46.1. The molecule has 0 spiro atoms. The molecule has 0 atom stereocenters. The maximum Gasteiger partial charge on any atom is 0 e. The third-order valence-electron chi connectivity index (χ3n) is 0. The predicted molar refractivity (Wildman–Crippen MR) is 23.8 cm³/mol. The van der Waals surface area contributed by atoms with E-state index in [1.807, 2.05) is 0 Å². The van der Waals surface area contributed by atoms with Gasteiger partial charge in [-0.3, -0.25) is 0 Å². The quantitative estimate of drug-likeness (QED) is 0.348. The minimum atomic E-state index is 0. The first kappa shape index (κ1) is 129. The third-order valence-corrected chi connectivity index (χ3v) is 0. The Hall–Kier alpha value is 1.61. The van der Waals surface area contributed by atoms with Crippen molar-refractivity contribution in [2.45, 2.75) is 0 Å². The van der Waals surface area contributed by atoms with Crippen LogP contribution in [-0.4, -0.2) is 85.6 Å². The Morgan fingerprint density at radius 3 is 0.333 bits per heavy atom. The molecule has 0 aliphatic carbocycles. The van der Waals surface area contributed by atoms with Crippen LogP contribution in [0.3, 0.4) is 0 Å². The van der Waals surface area contributed by atoms with E-state index in [9.17, 15) is 0 Å². The zero-order chi connectivity index (χ0) is 0. The Bertz CT molecular complexity index is 3.90. The average molecular weight is 176 g/mol. The summed E-state index contributed by atoms with van der Waals surface area (Å²) in [6.07, 6.45) is 0. The summed E-state index contributed by atoms with van der Waals surface area (Å²) in [7, 11) is 0. The average Bonchev–Trinajstić information content (AvgIpc) is 0. The molecule has 0 bridgehead atoms. The van der Waals surface area contributed by atoms with E-state index in [2.05, 4.69) is 0 Å². The van der Waals surface area contributed by atoms with Crippen LogP contribution in [0.2, 0.25) is 0 Å². The Morgan fingerprint density at radius 2 is 0.333 bits per heavy atom. The van der Waals surface area contributed by atoms with Crippen LogP contribution in [0.4, 0.5) is 0 Å². The Kier molecular flexibility index (Phi) is 1730. The van der Waals surface area contributed by atoms with Crippen LogP contribution < -0.4 is 0 Å². The van der Waals surface area contributed by atoms with Gasteiger partial charge in [-0.1, -0.05) is 0 Å². The zero-order valence-corrected chi connectivity index (χ0v) is 8.42. The minimum absolute atomic E-state index is 0. The molecule has 0 aliphatic heterocycles. The molecule has 0 unspecified atom stereocenters. The van der Waals surface area contributed by atoms with Crippen LogP contribution in [0.25, 0.3) is 0 Å². The maximum atomic E-state index is 0. The van der Waals surface area contributed by atoms with Crippen molar-refractivity contribution in [3.63, 3.8) is 0 Å². The summed E-state index contributed by atoms with van der Waals surface area (Å²) in [6, 6.07) is 0. The molecular weight excluding hydrogens is 165 g/mol. The fourth-order valence-corrected chi connectivity index (χ4v) is 0. The van der Waals surface area contributed by atoms with E-state index in [1.54, 1.807) is 0 Å². The zero-order valence-electron chi connectivity index (χ0n) is 3.50. The van der Waals surface area contributed by atoms with Gasteiger partial charge in [0.25, 0.3) is 0 Å². The topological polar surface area (TPSA) is 158 Å². The number of rotatable bonds is 0. The van der Waals surface area contributed by atoms with Crippen molar-refractivity contribution in [2.75, 3.05) is 0 Å². The standard InChI is InChI=1S/5H2O.Rb/h5*1H2;. The summed E-state index contributed by atoms with van der Waals surface area (Å²) < 4.78 is 0. The molecule has 1 radical (unpaired) electrons. The van der Waals surface area contributed by atoms with Gasteiger partial charge >= 0.3 is 0 Å². The molecule has 0 aromatic carbocycles. The summed E-state index contributed by atoms with van der Waals surface area (Å²) in [5, 5.41) is 0. The molecule has 0 saturated carbocycles. The molecule has 6 heavy (non-hydrogen) atoms. The van der Waals surface area contributed by atoms with Crippen molar-refractivity contribution in [3.05, 3.63) is 0 Å². The summed E-state index contributed by atoms with van der Waals surface area (Å²) >= 11 is 0. The van der Waals surface area contributed by atoms with Crippen LogP contribution in [0.15, 0.2) is 0 Å². The molecule has 10 N–H and O–H groups in total. The van der Waals surface area contributed by atoms with E-state index >= 15 is 0 Å². The molecule has 0 aromatic rings. The van der Waals surface area contributed by atoms with Crippen LogP contribution >= 0.6 is 0 Å². The van der Waals surface area contributed by atoms with Gasteiger partial charge < -0.3 is 27.4 Å². The van der Waals surface area contributed by atoms with Gasteiger partial charge in [-0.15, -0.1) is 0 Å². The van der Waals surface area contributed by atoms with Gasteiger partial charge in [0.2, 0.25) is 0 Å². The van der Waals surface area contributed by atoms with Gasteiger partial charge in [0.05, 0.1) is 0 Å². The normalized spacial score (nSPS) is 0. The Morgan fingerprint density at radius 1 is 0.333 bits per heavy atom. The first-order chi connectivity index (χ1) is 0. The van der Waals surface area contributed by atoms with Crippen LogP contribution in [0, 0.1) is 0 Å². The molecule has 0 aliphatic rings. The van der Waals surface area contributed by atoms with Crippen molar-refractivity contribution >= 4 is 58.2 Å². The van der Waals surface area contributed by atoms with Crippen molar-refractivity contribution in [2.24, 2.45) is 0 Å². The fraction of sp³-hybridized carbons (Fsp3) is 0. The van der Waals surface area contributed by atoms with Gasteiger partial charge in [-0.2, -0.15) is 0 Å². The summed E-state index contributed by atoms with van der Waals surface area (Å²) in [6.45, 7) is 0. The smallest absolute Gasteiger partial charge is 0 e. The van der Waals surface area contributed by atoms with Crippen LogP contribution in [0.5, 0.6) is 0 Å². The molecule has 0 aromatic heterocycles. The van der Waals surface area contributed by atoms with Crippen LogP contribution in [-0.2, 0) is 0 Å². The van der Waals surface area contributed by atoms with Gasteiger partial charge in [0.15, 0.2) is 0 Å². The largest absolute Gasteiger partial charge is 0.412 e. The first-order valence-corrected chi connectivity index (χ1v) is 0. The fourth-order valence-electron chi connectivity index (χ4n) is 0. The van der Waals surface area contributed by atoms with E-state index < -0.39 is 0 Å². The number of hydrogen-bond acceptors (Lipinski definition) is 0. The van der Waals surface area contributed by atoms with Gasteiger partial charge in [-0.05, 0) is 0 Å². The molecule has 0 saturated heterocycles. The maximum absolute atomic E-state index is 0. The van der Waals surface area contributed by atoms with E-state index in [-0.39, 0.29) is 85.6 Å². The van der Waals surface area contributed by atoms with Crippen LogP contribution in [0.1, 0.15) is 0 Å². The monoisotopic (exact) mass is 175 g/mol. The first-order valence-electron chi connectivity index (χ1n) is 0. The Balaban J connectivity index is 0. The molecule has 0 amide bonds. The van der Waals surface area contributed by atoms with E-state index in [1.165, 1.54) is 0 Å². The van der Waals surface area contributed by atoms with E-state index in [0.29, 0.717) is 0 Å². The SMILES string of the molecule is O.O.O.O.O.[Rb]. The van der Waals surface area contributed by atoms with Crippen molar-refractivity contribution < 1.29 is 27.4 Å². The minimum Gasteiger partial charge on any atom is -0.412 e. The molecule has 41 valence electrons. The summed E-state index contributed by atoms with van der Waals surface area (Å²) in [5.41, 5.74) is 0. The predicted octanol–water partition coefficient (Wildman–Crippen LogP) is -4.50. The second-order valence-corrected chi connectivity index (χ2v) is 0. The number of hydrogen-bond donors (Lipinski definition) is 0. The van der Waals surface area contributed by atoms with Crippen molar-refractivity contribution in [1.29, 1.82) is 0 Å². The Labute approximate surface area is 84.1 Å². The molecule has 0 rings (SSSR count). The molecule has 0 heterocycles. The molecular formula is H10O5Rb. The summed E-state index contributed by atoms with van der Waals surface area (Å²) in [4.78, 5) is 0. The second-order valence-electron chi connectivity index (χ2n) is 0. The summed E-state index contributed by atoms with van der Waals surface area (Å²) in [5.74, 6) is 0. The van der Waals surface area contributed by atoms with Gasteiger partial charge in [0.1, 0.15) is 0 Å². The van der Waals surface area contributed by atoms with Gasteiger partial charge in [-0.25, -0.2) is 0 Å². The molecule has 6 heteroatoms. The second kappa shape index (κ2) is 80.5. The van der Waals surface area contributed by atoms with Crippen molar-refractivity contribution in [3.8, 4) is 0 Å².